The summed E-state index contributed by atoms with van der Waals surface area (Å²) in [6, 6.07) is 0.269. The summed E-state index contributed by atoms with van der Waals surface area (Å²) in [5.74, 6) is 0.747. The lowest BCUT2D eigenvalue weighted by Gasteiger charge is -2.21. The van der Waals surface area contributed by atoms with Gasteiger partial charge in [-0.05, 0) is 65.0 Å². The molecule has 51 heavy (non-hydrogen) atoms. The normalized spacial score (nSPS) is 12.2. The van der Waals surface area contributed by atoms with E-state index in [1.54, 1.807) is 0 Å². The fraction of sp³-hybridized carbons (Fsp3) is 0.956. The first-order chi connectivity index (χ1) is 25.0. The van der Waals surface area contributed by atoms with E-state index in [0.717, 1.165) is 64.7 Å². The number of nitrogens with one attached hydrogen (secondary N) is 2. The van der Waals surface area contributed by atoms with E-state index >= 15 is 0 Å². The van der Waals surface area contributed by atoms with E-state index in [0.29, 0.717) is 12.3 Å². The number of rotatable bonds is 41. The highest BCUT2D eigenvalue weighted by Gasteiger charge is 2.17. The van der Waals surface area contributed by atoms with Crippen molar-refractivity contribution in [2.75, 3.05) is 32.8 Å². The van der Waals surface area contributed by atoms with Crippen molar-refractivity contribution >= 4 is 11.8 Å². The molecular formula is C45H91N3O3. The van der Waals surface area contributed by atoms with Gasteiger partial charge in [0.1, 0.15) is 0 Å². The molecule has 6 heteroatoms. The third-order valence-corrected chi connectivity index (χ3v) is 10.8. The summed E-state index contributed by atoms with van der Waals surface area (Å²) in [7, 11) is 0. The molecular weight excluding hydrogens is 631 g/mol. The predicted molar refractivity (Wildman–Crippen MR) is 222 cm³/mol. The molecule has 0 rings (SSSR count). The second-order valence-corrected chi connectivity index (χ2v) is 16.0. The summed E-state index contributed by atoms with van der Waals surface area (Å²) in [6.45, 7) is 12.9. The Balaban J connectivity index is 4.00. The Morgan fingerprint density at radius 2 is 0.922 bits per heavy atom. The molecule has 1 unspecified atom stereocenters. The van der Waals surface area contributed by atoms with Crippen molar-refractivity contribution in [1.29, 1.82) is 0 Å². The van der Waals surface area contributed by atoms with Crippen molar-refractivity contribution in [3.63, 3.8) is 0 Å². The maximum Gasteiger partial charge on any atom is 0.223 e. The lowest BCUT2D eigenvalue weighted by molar-refractivity contribution is -0.125. The number of amides is 2. The van der Waals surface area contributed by atoms with E-state index < -0.39 is 0 Å². The maximum absolute atomic E-state index is 13.1. The molecule has 3 N–H and O–H groups in total. The van der Waals surface area contributed by atoms with Crippen LogP contribution in [0.15, 0.2) is 0 Å². The first kappa shape index (κ1) is 49.9. The summed E-state index contributed by atoms with van der Waals surface area (Å²) in [5, 5.41) is 16.1. The van der Waals surface area contributed by atoms with Gasteiger partial charge in [0.05, 0.1) is 6.61 Å². The topological polar surface area (TPSA) is 81.7 Å². The SMILES string of the molecule is CCCCCCCCCC(=O)NC(C)CCCCCCN(CCO)CCCCCCCNC(=O)C(CCCCCCCC)CCCCCCCC. The Morgan fingerprint density at radius 1 is 0.510 bits per heavy atom. The molecule has 6 nitrogen and oxygen atoms in total. The van der Waals surface area contributed by atoms with Gasteiger partial charge in [-0.2, -0.15) is 0 Å². The maximum atomic E-state index is 13.1. The monoisotopic (exact) mass is 722 g/mol. The Morgan fingerprint density at radius 3 is 1.41 bits per heavy atom. The van der Waals surface area contributed by atoms with Gasteiger partial charge in [0.15, 0.2) is 0 Å². The highest BCUT2D eigenvalue weighted by atomic mass is 16.3. The lowest BCUT2D eigenvalue weighted by atomic mass is 9.93. The van der Waals surface area contributed by atoms with Crippen molar-refractivity contribution in [3.8, 4) is 0 Å². The van der Waals surface area contributed by atoms with Crippen LogP contribution in [0, 0.1) is 5.92 Å². The summed E-state index contributed by atoms with van der Waals surface area (Å²) < 4.78 is 0. The molecule has 0 heterocycles. The second-order valence-electron chi connectivity index (χ2n) is 16.0. The van der Waals surface area contributed by atoms with E-state index in [9.17, 15) is 14.7 Å². The molecule has 0 saturated carbocycles. The zero-order valence-electron chi connectivity index (χ0n) is 35.0. The molecule has 304 valence electrons. The molecule has 0 radical (unpaired) electrons. The Hall–Kier alpha value is -1.14. The van der Waals surface area contributed by atoms with Gasteiger partial charge >= 0.3 is 0 Å². The Kier molecular flexibility index (Phi) is 39.2. The fourth-order valence-corrected chi connectivity index (χ4v) is 7.37. The van der Waals surface area contributed by atoms with E-state index in [2.05, 4.69) is 43.2 Å². The molecule has 2 amide bonds. The standard InChI is InChI=1S/C45H91N3O3/c1-5-8-11-14-17-21-29-36-44(50)47-42(4)33-26-22-25-32-39-48(40-41-49)38-31-24-18-23-30-37-46-45(51)43(34-27-19-15-12-9-6-2)35-28-20-16-13-10-7-3/h42-43,49H,5-41H2,1-4H3,(H,46,51)(H,47,50). The average Bonchev–Trinajstić information content (AvgIpc) is 3.12. The Bertz CT molecular complexity index is 717. The number of aliphatic hydroxyl groups is 1. The second kappa shape index (κ2) is 40.1. The minimum atomic E-state index is 0.209. The lowest BCUT2D eigenvalue weighted by Crippen LogP contribution is -2.32. The van der Waals surface area contributed by atoms with E-state index in [4.69, 9.17) is 0 Å². The highest BCUT2D eigenvalue weighted by molar-refractivity contribution is 5.78. The zero-order valence-corrected chi connectivity index (χ0v) is 35.0. The van der Waals surface area contributed by atoms with Gasteiger partial charge in [-0.25, -0.2) is 0 Å². The summed E-state index contributed by atoms with van der Waals surface area (Å²) in [6.07, 6.45) is 38.8. The summed E-state index contributed by atoms with van der Waals surface area (Å²) in [4.78, 5) is 27.8. The molecule has 0 bridgehead atoms. The van der Waals surface area contributed by atoms with Crippen molar-refractivity contribution in [2.24, 2.45) is 5.92 Å². The van der Waals surface area contributed by atoms with Gasteiger partial charge in [-0.3, -0.25) is 9.59 Å². The molecule has 0 aromatic rings. The fourth-order valence-electron chi connectivity index (χ4n) is 7.37. The largest absolute Gasteiger partial charge is 0.395 e. The number of unbranched alkanes of at least 4 members (excludes halogenated alkanes) is 23. The van der Waals surface area contributed by atoms with Crippen LogP contribution in [-0.4, -0.2) is 60.6 Å². The van der Waals surface area contributed by atoms with Gasteiger partial charge < -0.3 is 20.6 Å². The zero-order chi connectivity index (χ0) is 37.5. The van der Waals surface area contributed by atoms with Gasteiger partial charge in [0, 0.05) is 31.5 Å². The van der Waals surface area contributed by atoms with Gasteiger partial charge in [0.2, 0.25) is 11.8 Å². The van der Waals surface area contributed by atoms with Gasteiger partial charge in [-0.1, -0.05) is 175 Å². The van der Waals surface area contributed by atoms with Crippen LogP contribution in [0.3, 0.4) is 0 Å². The third kappa shape index (κ3) is 35.6. The molecule has 0 aliphatic rings. The number of nitrogens with zero attached hydrogens (tertiary/aromatic N) is 1. The molecule has 0 fully saturated rings. The number of carbonyl (C=O) groups is 2. The Labute approximate surface area is 319 Å². The minimum absolute atomic E-state index is 0.209. The molecule has 0 spiro atoms. The molecule has 0 aliphatic carbocycles. The summed E-state index contributed by atoms with van der Waals surface area (Å²) in [5.41, 5.74) is 0. The van der Waals surface area contributed by atoms with Crippen LogP contribution in [0.4, 0.5) is 0 Å². The quantitative estimate of drug-likeness (QED) is 0.0549. The number of hydrogen-bond donors (Lipinski definition) is 3. The first-order valence-corrected chi connectivity index (χ1v) is 22.9. The minimum Gasteiger partial charge on any atom is -0.395 e. The summed E-state index contributed by atoms with van der Waals surface area (Å²) >= 11 is 0. The molecule has 0 aliphatic heterocycles. The van der Waals surface area contributed by atoms with Crippen LogP contribution >= 0.6 is 0 Å². The molecule has 1 atom stereocenters. The van der Waals surface area contributed by atoms with Crippen molar-refractivity contribution in [2.45, 2.75) is 239 Å². The molecule has 0 aromatic heterocycles. The molecule has 0 saturated heterocycles. The van der Waals surface area contributed by atoms with E-state index in [-0.39, 0.29) is 24.5 Å². The number of carbonyl (C=O) groups excluding carboxylic acids is 2. The van der Waals surface area contributed by atoms with Crippen LogP contribution in [0.5, 0.6) is 0 Å². The van der Waals surface area contributed by atoms with Crippen molar-refractivity contribution in [3.05, 3.63) is 0 Å². The van der Waals surface area contributed by atoms with Crippen molar-refractivity contribution in [1.82, 2.24) is 15.5 Å². The number of aliphatic hydroxyl groups excluding tert-OH is 1. The van der Waals surface area contributed by atoms with Crippen LogP contribution in [0.1, 0.15) is 233 Å². The van der Waals surface area contributed by atoms with Crippen LogP contribution < -0.4 is 10.6 Å². The van der Waals surface area contributed by atoms with Crippen molar-refractivity contribution < 1.29 is 14.7 Å². The van der Waals surface area contributed by atoms with Crippen LogP contribution in [0.25, 0.3) is 0 Å². The van der Waals surface area contributed by atoms with E-state index in [1.165, 1.54) is 161 Å². The smallest absolute Gasteiger partial charge is 0.223 e. The van der Waals surface area contributed by atoms with Gasteiger partial charge in [0.25, 0.3) is 0 Å². The van der Waals surface area contributed by atoms with Crippen LogP contribution in [-0.2, 0) is 9.59 Å². The highest BCUT2D eigenvalue weighted by Crippen LogP contribution is 2.20. The first-order valence-electron chi connectivity index (χ1n) is 22.9. The number of hydrogen-bond acceptors (Lipinski definition) is 4. The van der Waals surface area contributed by atoms with Gasteiger partial charge in [-0.15, -0.1) is 0 Å². The van der Waals surface area contributed by atoms with Crippen LogP contribution in [0.2, 0.25) is 0 Å². The van der Waals surface area contributed by atoms with E-state index in [1.807, 2.05) is 0 Å². The predicted octanol–water partition coefficient (Wildman–Crippen LogP) is 12.1. The average molecular weight is 722 g/mol. The third-order valence-electron chi connectivity index (χ3n) is 10.8. The molecule has 0 aromatic carbocycles.